The summed E-state index contributed by atoms with van der Waals surface area (Å²) in [5, 5.41) is 4.80. The van der Waals surface area contributed by atoms with E-state index in [1.807, 2.05) is 6.20 Å². The Labute approximate surface area is 460 Å². The van der Waals surface area contributed by atoms with Gasteiger partial charge in [0, 0.05) is 6.20 Å². The fourth-order valence-electron chi connectivity index (χ4n) is 12.4. The van der Waals surface area contributed by atoms with Crippen LogP contribution < -0.4 is 4.74 Å². The minimum atomic E-state index is -0.0279. The van der Waals surface area contributed by atoms with Gasteiger partial charge in [-0.25, -0.2) is 0 Å². The van der Waals surface area contributed by atoms with Crippen molar-refractivity contribution < 1.29 is 24.1 Å². The van der Waals surface area contributed by atoms with Gasteiger partial charge in [-0.15, -0.1) is 0 Å². The second kappa shape index (κ2) is 18.5. The Hall–Kier alpha value is -8.31. The molecule has 0 saturated carbocycles. The summed E-state index contributed by atoms with van der Waals surface area (Å²) in [5.41, 5.74) is 23.4. The van der Waals surface area contributed by atoms with E-state index in [1.54, 1.807) is 0 Å². The van der Waals surface area contributed by atoms with Crippen molar-refractivity contribution in [1.29, 1.82) is 0 Å². The van der Waals surface area contributed by atoms with Crippen LogP contribution in [0.15, 0.2) is 194 Å². The second-order valence-electron chi connectivity index (χ2n) is 22.0. The molecule has 0 N–H and O–H groups in total. The SMILES string of the molecule is Cc1cc(C)c(-c2cc(-n3c4ccccc4c4ccccc43)cc(-c3c(C)cc(C)cc3C)c2-n2[c](=[Pt])n(-c3cccc(Oc4ccc5c6ccccc6n(-c6cc(C(C)(C)C)ccn6)c5c4)c3)c3ccccc32)c(C)c1. The van der Waals surface area contributed by atoms with Gasteiger partial charge in [0.05, 0.1) is 0 Å². The molecule has 4 aromatic heterocycles. The van der Waals surface area contributed by atoms with E-state index in [-0.39, 0.29) is 5.41 Å². The summed E-state index contributed by atoms with van der Waals surface area (Å²) < 4.78 is 17.6. The third kappa shape index (κ3) is 8.03. The van der Waals surface area contributed by atoms with Crippen LogP contribution in [0, 0.1) is 45.3 Å². The van der Waals surface area contributed by atoms with Crippen LogP contribution in [0.25, 0.3) is 99.8 Å². The van der Waals surface area contributed by atoms with Crippen molar-refractivity contribution in [3.05, 3.63) is 237 Å². The number of benzene rings is 9. The van der Waals surface area contributed by atoms with Gasteiger partial charge in [0.15, 0.2) is 0 Å². The number of pyridine rings is 1. The Morgan fingerprint density at radius 1 is 0.403 bits per heavy atom. The molecule has 0 saturated heterocycles. The molecule has 0 spiro atoms. The molecule has 4 heterocycles. The first kappa shape index (κ1) is 48.3. The van der Waals surface area contributed by atoms with Gasteiger partial charge in [-0.1, -0.05) is 32.9 Å². The van der Waals surface area contributed by atoms with E-state index in [1.165, 1.54) is 88.4 Å². The zero-order chi connectivity index (χ0) is 53.0. The maximum absolute atomic E-state index is 6.93. The molecule has 77 heavy (non-hydrogen) atoms. The van der Waals surface area contributed by atoms with Gasteiger partial charge < -0.3 is 0 Å². The van der Waals surface area contributed by atoms with E-state index >= 15 is 0 Å². The molecule has 0 fully saturated rings. The molecule has 13 rings (SSSR count). The predicted octanol–water partition coefficient (Wildman–Crippen LogP) is 18.4. The first-order valence-electron chi connectivity index (χ1n) is 26.5. The minimum absolute atomic E-state index is 0.0279. The molecule has 7 heteroatoms. The van der Waals surface area contributed by atoms with Crippen LogP contribution in [0.5, 0.6) is 11.5 Å². The van der Waals surface area contributed by atoms with Crippen molar-refractivity contribution in [2.75, 3.05) is 0 Å². The fraction of sp³-hybridized carbons (Fsp3) is 0.143. The number of aryl methyl sites for hydroxylation is 6. The van der Waals surface area contributed by atoms with Gasteiger partial charge in [-0.3, -0.25) is 0 Å². The van der Waals surface area contributed by atoms with E-state index in [2.05, 4.69) is 288 Å². The van der Waals surface area contributed by atoms with Gasteiger partial charge >= 0.3 is 407 Å². The van der Waals surface area contributed by atoms with Crippen LogP contribution in [-0.4, -0.2) is 23.3 Å². The predicted molar refractivity (Wildman–Crippen MR) is 317 cm³/mol. The van der Waals surface area contributed by atoms with Crippen LogP contribution in [0.1, 0.15) is 59.7 Å². The summed E-state index contributed by atoms with van der Waals surface area (Å²) in [6.45, 7) is 20.2. The molecule has 9 aromatic carbocycles. The molecule has 0 aliphatic rings. The molecule has 6 nitrogen and oxygen atoms in total. The molecule has 0 radical (unpaired) electrons. The summed E-state index contributed by atoms with van der Waals surface area (Å²) >= 11 is 2.57. The monoisotopic (exact) mass is 1180 g/mol. The van der Waals surface area contributed by atoms with Crippen molar-refractivity contribution in [1.82, 2.24) is 23.3 Å². The second-order valence-corrected chi connectivity index (χ2v) is 23.0. The number of hydrogen-bond acceptors (Lipinski definition) is 2. The fourth-order valence-corrected chi connectivity index (χ4v) is 13.5. The van der Waals surface area contributed by atoms with Crippen molar-refractivity contribution in [3.63, 3.8) is 0 Å². The van der Waals surface area contributed by atoms with Crippen LogP contribution in [0.2, 0.25) is 0 Å². The summed E-state index contributed by atoms with van der Waals surface area (Å²) in [6.07, 6.45) is 1.93. The van der Waals surface area contributed by atoms with E-state index < -0.39 is 0 Å². The zero-order valence-corrected chi connectivity index (χ0v) is 47.2. The van der Waals surface area contributed by atoms with Crippen molar-refractivity contribution >= 4 is 54.6 Å². The molecule has 0 bridgehead atoms. The van der Waals surface area contributed by atoms with E-state index in [4.69, 9.17) is 9.72 Å². The molecule has 0 aliphatic heterocycles. The number of aromatic nitrogens is 5. The Bertz CT molecular complexity index is 4450. The number of fused-ring (bicyclic) bond motifs is 7. The standard InChI is InChI=1S/C70H59N5O.Pt/c1-43-33-45(3)67(46(4)34-43)58-39-51(74-60-24-13-10-21-54(60)55-22-11-14-25-61(55)74)40-59(68-47(5)35-44(2)36-48(68)6)69(58)73-42-72(63-27-16-17-28-64(63)73)50-19-18-20-52(38-50)76-53-29-30-57-56-23-12-15-26-62(56)75(65(57)41-53)66-37-49(31-32-71-66)70(7,8)9;/h10-41H,1-9H3;. The summed E-state index contributed by atoms with van der Waals surface area (Å²) in [4.78, 5) is 4.93. The first-order valence-corrected chi connectivity index (χ1v) is 27.6. The van der Waals surface area contributed by atoms with Crippen LogP contribution in [0.4, 0.5) is 0 Å². The molecule has 13 aromatic rings. The molecule has 380 valence electrons. The van der Waals surface area contributed by atoms with Gasteiger partial charge in [0.25, 0.3) is 0 Å². The quantitative estimate of drug-likeness (QED) is 0.152. The molecular formula is C70H59N5OPt. The van der Waals surface area contributed by atoms with E-state index in [0.717, 1.165) is 65.6 Å². The number of nitrogens with zero attached hydrogens (tertiary/aromatic N) is 5. The summed E-state index contributed by atoms with van der Waals surface area (Å²) in [5.74, 6) is 2.38. The number of rotatable bonds is 8. The van der Waals surface area contributed by atoms with Gasteiger partial charge in [0.2, 0.25) is 0 Å². The normalized spacial score (nSPS) is 12.0. The van der Waals surface area contributed by atoms with Gasteiger partial charge in [-0.2, -0.15) is 0 Å². The molecular weight excluding hydrogens is 1120 g/mol. The molecule has 0 amide bonds. The van der Waals surface area contributed by atoms with E-state index in [0.29, 0.717) is 0 Å². The van der Waals surface area contributed by atoms with Gasteiger partial charge in [0.1, 0.15) is 0 Å². The van der Waals surface area contributed by atoms with E-state index in [9.17, 15) is 0 Å². The third-order valence-electron chi connectivity index (χ3n) is 15.6. The third-order valence-corrected chi connectivity index (χ3v) is 16.6. The number of ether oxygens (including phenoxy) is 1. The number of imidazole rings is 1. The van der Waals surface area contributed by atoms with Crippen LogP contribution in [0.3, 0.4) is 0 Å². The van der Waals surface area contributed by atoms with Crippen LogP contribution >= 0.6 is 0 Å². The summed E-state index contributed by atoms with van der Waals surface area (Å²) in [6, 6.07) is 68.6. The van der Waals surface area contributed by atoms with Crippen molar-refractivity contribution in [3.8, 4) is 56.6 Å². The average Bonchev–Trinajstić information content (AvgIpc) is 4.18. The molecule has 0 unspecified atom stereocenters. The average molecular weight is 1180 g/mol. The Balaban J connectivity index is 1.03. The number of hydrogen-bond donors (Lipinski definition) is 0. The van der Waals surface area contributed by atoms with Crippen LogP contribution in [-0.2, 0) is 24.8 Å². The molecule has 0 aliphatic carbocycles. The Morgan fingerprint density at radius 3 is 1.43 bits per heavy atom. The Kier molecular flexibility index (Phi) is 11.6. The maximum atomic E-state index is 6.93. The van der Waals surface area contributed by atoms with Crippen molar-refractivity contribution in [2.45, 2.75) is 67.7 Å². The first-order chi connectivity index (χ1) is 37.2. The zero-order valence-electron chi connectivity index (χ0n) is 44.9. The molecule has 0 atom stereocenters. The topological polar surface area (TPSA) is 41.8 Å². The number of para-hydroxylation sites is 5. The summed E-state index contributed by atoms with van der Waals surface area (Å²) in [7, 11) is 0. The van der Waals surface area contributed by atoms with Gasteiger partial charge in [-0.05, 0) is 17.0 Å². The van der Waals surface area contributed by atoms with Crippen molar-refractivity contribution in [2.24, 2.45) is 0 Å². The Morgan fingerprint density at radius 2 is 0.883 bits per heavy atom.